The second-order valence-electron chi connectivity index (χ2n) is 6.11. The molecule has 1 aromatic heterocycles. The topological polar surface area (TPSA) is 59.3 Å². The molecule has 22 heavy (non-hydrogen) atoms. The SMILES string of the molecule is CC(C)CCC(=O)c1cn(CCCC(=O)O)c2ccccc12. The molecule has 2 aromatic rings. The van der Waals surface area contributed by atoms with Crippen molar-refractivity contribution in [1.82, 2.24) is 4.57 Å². The van der Waals surface area contributed by atoms with E-state index in [-0.39, 0.29) is 12.2 Å². The van der Waals surface area contributed by atoms with E-state index in [9.17, 15) is 9.59 Å². The predicted octanol–water partition coefficient (Wildman–Crippen LogP) is 4.13. The largest absolute Gasteiger partial charge is 0.481 e. The first-order valence-electron chi connectivity index (χ1n) is 7.82. The van der Waals surface area contributed by atoms with Crippen LogP contribution in [0.4, 0.5) is 0 Å². The highest BCUT2D eigenvalue weighted by Crippen LogP contribution is 2.24. The summed E-state index contributed by atoms with van der Waals surface area (Å²) in [6.07, 6.45) is 4.03. The Bertz CT molecular complexity index is 670. The van der Waals surface area contributed by atoms with Gasteiger partial charge < -0.3 is 9.67 Å². The molecule has 1 aromatic carbocycles. The third-order valence-corrected chi connectivity index (χ3v) is 3.83. The molecule has 0 saturated carbocycles. The Kier molecular flexibility index (Phi) is 5.36. The average Bonchev–Trinajstić information content (AvgIpc) is 2.84. The first-order valence-corrected chi connectivity index (χ1v) is 7.82. The van der Waals surface area contributed by atoms with Gasteiger partial charge in [0, 0.05) is 42.0 Å². The summed E-state index contributed by atoms with van der Waals surface area (Å²) in [4.78, 5) is 23.1. The van der Waals surface area contributed by atoms with Crippen LogP contribution in [0, 0.1) is 5.92 Å². The van der Waals surface area contributed by atoms with E-state index in [0.29, 0.717) is 25.3 Å². The van der Waals surface area contributed by atoms with Gasteiger partial charge in [-0.2, -0.15) is 0 Å². The summed E-state index contributed by atoms with van der Waals surface area (Å²) < 4.78 is 2.00. The van der Waals surface area contributed by atoms with Crippen molar-refractivity contribution in [2.24, 2.45) is 5.92 Å². The molecular formula is C18H23NO3. The minimum absolute atomic E-state index is 0.142. The Morgan fingerprint density at radius 1 is 1.18 bits per heavy atom. The Morgan fingerprint density at radius 2 is 1.91 bits per heavy atom. The molecule has 1 N–H and O–H groups in total. The number of rotatable bonds is 8. The van der Waals surface area contributed by atoms with Crippen LogP contribution in [0.3, 0.4) is 0 Å². The molecule has 0 aliphatic carbocycles. The highest BCUT2D eigenvalue weighted by atomic mass is 16.4. The van der Waals surface area contributed by atoms with Gasteiger partial charge in [-0.25, -0.2) is 0 Å². The molecule has 0 unspecified atom stereocenters. The maximum atomic E-state index is 12.5. The van der Waals surface area contributed by atoms with Gasteiger partial charge in [0.1, 0.15) is 0 Å². The van der Waals surface area contributed by atoms with Crippen LogP contribution in [-0.2, 0) is 11.3 Å². The molecule has 1 heterocycles. The summed E-state index contributed by atoms with van der Waals surface area (Å²) >= 11 is 0. The van der Waals surface area contributed by atoms with Gasteiger partial charge in [-0.1, -0.05) is 32.0 Å². The number of hydrogen-bond donors (Lipinski definition) is 1. The normalized spacial score (nSPS) is 11.2. The summed E-state index contributed by atoms with van der Waals surface area (Å²) in [6.45, 7) is 4.84. The van der Waals surface area contributed by atoms with Crippen molar-refractivity contribution in [3.63, 3.8) is 0 Å². The van der Waals surface area contributed by atoms with Crippen molar-refractivity contribution in [3.05, 3.63) is 36.0 Å². The van der Waals surface area contributed by atoms with Gasteiger partial charge in [-0.15, -0.1) is 0 Å². The van der Waals surface area contributed by atoms with E-state index < -0.39 is 5.97 Å². The van der Waals surface area contributed by atoms with Crippen molar-refractivity contribution in [3.8, 4) is 0 Å². The number of carboxylic acid groups (broad SMARTS) is 1. The minimum atomic E-state index is -0.787. The lowest BCUT2D eigenvalue weighted by atomic mass is 10.0. The summed E-state index contributed by atoms with van der Waals surface area (Å²) in [6, 6.07) is 7.82. The van der Waals surface area contributed by atoms with Crippen LogP contribution >= 0.6 is 0 Å². The molecule has 0 fully saturated rings. The summed E-state index contributed by atoms with van der Waals surface area (Å²) in [7, 11) is 0. The zero-order valence-electron chi connectivity index (χ0n) is 13.2. The van der Waals surface area contributed by atoms with Crippen LogP contribution < -0.4 is 0 Å². The zero-order chi connectivity index (χ0) is 16.1. The second-order valence-corrected chi connectivity index (χ2v) is 6.11. The van der Waals surface area contributed by atoms with Crippen molar-refractivity contribution in [2.75, 3.05) is 0 Å². The summed E-state index contributed by atoms with van der Waals surface area (Å²) in [5.41, 5.74) is 1.76. The number of carbonyl (C=O) groups excluding carboxylic acids is 1. The Labute approximate surface area is 130 Å². The second kappa shape index (κ2) is 7.25. The van der Waals surface area contributed by atoms with Crippen LogP contribution in [0.1, 0.15) is 49.9 Å². The fraction of sp³-hybridized carbons (Fsp3) is 0.444. The quantitative estimate of drug-likeness (QED) is 0.746. The van der Waals surface area contributed by atoms with Crippen molar-refractivity contribution >= 4 is 22.7 Å². The smallest absolute Gasteiger partial charge is 0.303 e. The number of nitrogens with zero attached hydrogens (tertiary/aromatic N) is 1. The van der Waals surface area contributed by atoms with Crippen molar-refractivity contribution in [1.29, 1.82) is 0 Å². The first kappa shape index (κ1) is 16.3. The van der Waals surface area contributed by atoms with Gasteiger partial charge in [0.05, 0.1) is 0 Å². The van der Waals surface area contributed by atoms with E-state index in [2.05, 4.69) is 13.8 Å². The molecule has 0 bridgehead atoms. The summed E-state index contributed by atoms with van der Waals surface area (Å²) in [5.74, 6) is -0.112. The molecule has 118 valence electrons. The van der Waals surface area contributed by atoms with Crippen LogP contribution in [0.2, 0.25) is 0 Å². The molecule has 0 amide bonds. The molecule has 0 atom stereocenters. The van der Waals surface area contributed by atoms with Crippen LogP contribution in [0.5, 0.6) is 0 Å². The molecule has 4 nitrogen and oxygen atoms in total. The number of Topliss-reactive ketones (excluding diaryl/α,β-unsaturated/α-hetero) is 1. The van der Waals surface area contributed by atoms with E-state index >= 15 is 0 Å². The molecule has 0 saturated heterocycles. The third kappa shape index (κ3) is 3.97. The van der Waals surface area contributed by atoms with Crippen molar-refractivity contribution < 1.29 is 14.7 Å². The number of fused-ring (bicyclic) bond motifs is 1. The molecule has 0 spiro atoms. The molecule has 4 heteroatoms. The predicted molar refractivity (Wildman–Crippen MR) is 87.2 cm³/mol. The van der Waals surface area contributed by atoms with Gasteiger partial charge in [-0.05, 0) is 24.8 Å². The van der Waals surface area contributed by atoms with E-state index in [1.807, 2.05) is 35.0 Å². The number of aliphatic carboxylic acids is 1. The summed E-state index contributed by atoms with van der Waals surface area (Å²) in [5, 5.41) is 9.72. The number of ketones is 1. The lowest BCUT2D eigenvalue weighted by molar-refractivity contribution is -0.137. The van der Waals surface area contributed by atoms with Crippen LogP contribution in [-0.4, -0.2) is 21.4 Å². The number of benzene rings is 1. The van der Waals surface area contributed by atoms with Gasteiger partial charge in [-0.3, -0.25) is 9.59 Å². The van der Waals surface area contributed by atoms with E-state index in [0.717, 1.165) is 22.9 Å². The zero-order valence-corrected chi connectivity index (χ0v) is 13.2. The first-order chi connectivity index (χ1) is 10.5. The highest BCUT2D eigenvalue weighted by Gasteiger charge is 2.15. The Hall–Kier alpha value is -2.10. The van der Waals surface area contributed by atoms with Gasteiger partial charge in [0.25, 0.3) is 0 Å². The van der Waals surface area contributed by atoms with Crippen LogP contribution in [0.25, 0.3) is 10.9 Å². The van der Waals surface area contributed by atoms with E-state index in [4.69, 9.17) is 5.11 Å². The van der Waals surface area contributed by atoms with Crippen molar-refractivity contribution in [2.45, 2.75) is 46.1 Å². The maximum Gasteiger partial charge on any atom is 0.303 e. The number of carboxylic acids is 1. The Morgan fingerprint density at radius 3 is 2.59 bits per heavy atom. The third-order valence-electron chi connectivity index (χ3n) is 3.83. The number of carbonyl (C=O) groups is 2. The molecule has 2 rings (SSSR count). The minimum Gasteiger partial charge on any atom is -0.481 e. The van der Waals surface area contributed by atoms with Gasteiger partial charge in [0.2, 0.25) is 0 Å². The fourth-order valence-corrected chi connectivity index (χ4v) is 2.61. The Balaban J connectivity index is 2.23. The average molecular weight is 301 g/mol. The molecule has 0 aliphatic rings. The standard InChI is InChI=1S/C18H23NO3/c1-13(2)9-10-17(20)15-12-19(11-5-8-18(21)22)16-7-4-3-6-14(15)16/h3-4,6-7,12-13H,5,8-11H2,1-2H3,(H,21,22). The maximum absolute atomic E-state index is 12.5. The number of hydrogen-bond acceptors (Lipinski definition) is 2. The van der Waals surface area contributed by atoms with Crippen LogP contribution in [0.15, 0.2) is 30.5 Å². The highest BCUT2D eigenvalue weighted by molar-refractivity contribution is 6.08. The van der Waals surface area contributed by atoms with Gasteiger partial charge >= 0.3 is 5.97 Å². The molecular weight excluding hydrogens is 278 g/mol. The van der Waals surface area contributed by atoms with E-state index in [1.54, 1.807) is 0 Å². The fourth-order valence-electron chi connectivity index (χ4n) is 2.61. The lowest BCUT2D eigenvalue weighted by Crippen LogP contribution is -2.02. The van der Waals surface area contributed by atoms with Gasteiger partial charge in [0.15, 0.2) is 5.78 Å². The molecule has 0 radical (unpaired) electrons. The van der Waals surface area contributed by atoms with E-state index in [1.165, 1.54) is 0 Å². The number of aromatic nitrogens is 1. The molecule has 0 aliphatic heterocycles. The number of aryl methyl sites for hydroxylation is 1. The number of para-hydroxylation sites is 1. The monoisotopic (exact) mass is 301 g/mol. The lowest BCUT2D eigenvalue weighted by Gasteiger charge is -2.03.